The number of amides is 4. The Bertz CT molecular complexity index is 7690. The van der Waals surface area contributed by atoms with Crippen molar-refractivity contribution in [2.75, 3.05) is 35.5 Å². The predicted molar refractivity (Wildman–Crippen MR) is 482 cm³/mol. The van der Waals surface area contributed by atoms with Gasteiger partial charge in [-0.15, -0.1) is 0 Å². The maximum atomic E-state index is 14.5. The molecule has 35 nitrogen and oxygen atoms in total. The Labute approximate surface area is 758 Å². The van der Waals surface area contributed by atoms with Crippen LogP contribution in [0.25, 0.3) is 44.1 Å². The van der Waals surface area contributed by atoms with E-state index < -0.39 is 76.2 Å². The number of aryl methyl sites for hydroxylation is 1. The number of para-hydroxylation sites is 10. The second-order valence-electron chi connectivity index (χ2n) is 27.3. The molecule has 0 aliphatic heterocycles. The number of primary sulfonamides is 4. The number of anilines is 4. The molecule has 4 aromatic heterocycles. The number of carbonyl (C=O) groups is 4. The van der Waals surface area contributed by atoms with Crippen molar-refractivity contribution in [1.29, 1.82) is 0 Å². The summed E-state index contributed by atoms with van der Waals surface area (Å²) in [4.78, 5) is 86.6. The summed E-state index contributed by atoms with van der Waals surface area (Å²) >= 11 is 12.0. The molecule has 16 aromatic rings. The Balaban J connectivity index is 0.000000150. The van der Waals surface area contributed by atoms with E-state index in [1.54, 1.807) is 133 Å². The highest BCUT2D eigenvalue weighted by Gasteiger charge is 2.28. The Kier molecular flexibility index (Phi) is 29.1. The summed E-state index contributed by atoms with van der Waals surface area (Å²) in [5.41, 5.74) is 4.37. The summed E-state index contributed by atoms with van der Waals surface area (Å²) in [5, 5.41) is 31.9. The number of nitrogens with zero attached hydrogens (tertiary/aromatic N) is 8. The van der Waals surface area contributed by atoms with Gasteiger partial charge in [-0.2, -0.15) is 8.78 Å². The van der Waals surface area contributed by atoms with E-state index in [1.807, 2.05) is 6.92 Å². The summed E-state index contributed by atoms with van der Waals surface area (Å²) in [7, 11) is -13.0. The molecule has 0 aliphatic rings. The zero-order valence-corrected chi connectivity index (χ0v) is 73.0. The van der Waals surface area contributed by atoms with Crippen molar-refractivity contribution < 1.29 is 99.2 Å². The first-order chi connectivity index (χ1) is 62.9. The molecule has 12 N–H and O–H groups in total. The second kappa shape index (κ2) is 40.9. The molecule has 12 aromatic carbocycles. The molecular weight excluding hydrogens is 1840 g/mol. The van der Waals surface area contributed by atoms with E-state index in [9.17, 15) is 66.0 Å². The fourth-order valence-electron chi connectivity index (χ4n) is 11.9. The van der Waals surface area contributed by atoms with E-state index >= 15 is 0 Å². The highest BCUT2D eigenvalue weighted by molar-refractivity contribution is 7.90. The van der Waals surface area contributed by atoms with Crippen LogP contribution in [0.5, 0.6) is 63.8 Å². The normalized spacial score (nSPS) is 11.3. The first-order valence-electron chi connectivity index (χ1n) is 37.9. The van der Waals surface area contributed by atoms with Gasteiger partial charge in [0.1, 0.15) is 11.5 Å². The summed E-state index contributed by atoms with van der Waals surface area (Å²) in [6.45, 7) is -1.28. The average molecular weight is 1910 g/mol. The van der Waals surface area contributed by atoms with Gasteiger partial charge in [0, 0.05) is 44.9 Å². The quantitative estimate of drug-likeness (QED) is 0.0278. The minimum Gasteiger partial charge on any atom is -0.497 e. The lowest BCUT2D eigenvalue weighted by Crippen LogP contribution is -2.17. The average Bonchev–Trinajstić information content (AvgIpc) is 0.800. The minimum atomic E-state index is -4.00. The van der Waals surface area contributed by atoms with E-state index in [0.29, 0.717) is 65.7 Å². The molecule has 0 atom stereocenters. The Morgan fingerprint density at radius 2 is 0.598 bits per heavy atom. The molecule has 44 heteroatoms. The van der Waals surface area contributed by atoms with Gasteiger partial charge in [0.25, 0.3) is 47.1 Å². The number of halogens is 5. The number of benzene rings is 12. The zero-order valence-electron chi connectivity index (χ0n) is 68.2. The third-order valence-corrected chi connectivity index (χ3v) is 22.1. The molecule has 672 valence electrons. The van der Waals surface area contributed by atoms with Crippen LogP contribution < -0.4 is 75.0 Å². The van der Waals surface area contributed by atoms with Gasteiger partial charge >= 0.3 is 6.61 Å². The third kappa shape index (κ3) is 24.3. The molecule has 0 spiro atoms. The molecule has 16 rings (SSSR count). The van der Waals surface area contributed by atoms with Crippen LogP contribution in [0, 0.1) is 12.7 Å². The predicted octanol–water partition coefficient (Wildman–Crippen LogP) is 15.7. The molecule has 0 saturated carbocycles. The van der Waals surface area contributed by atoms with Crippen LogP contribution in [0.2, 0.25) is 10.0 Å². The Morgan fingerprint density at radius 3 is 0.902 bits per heavy atom. The van der Waals surface area contributed by atoms with Crippen molar-refractivity contribution in [3.05, 3.63) is 317 Å². The number of rotatable bonds is 24. The highest BCUT2D eigenvalue weighted by Crippen LogP contribution is 2.39. The number of sulfonamides is 4. The first kappa shape index (κ1) is 94.1. The van der Waals surface area contributed by atoms with Crippen molar-refractivity contribution in [3.63, 3.8) is 0 Å². The smallest absolute Gasteiger partial charge is 0.387 e. The standard InChI is InChI=1S/C22H17ClN4O5S.C22H17ClN4O4S.C22H16F2N4O5S.C22H17FN4O5S/c1-31-19-11-13(23)9-10-18(19)32-22-20(26-16-7-2-3-8-17(16)27-22)21(28)25-14-5-4-6-15(12-14)33(24,29)30;1-13-11-14(23)9-10-19(13)31-22-20(26-17-7-2-3-8-18(17)27-22)21(28)25-15-5-4-6-16(12-15)32(24,29)30;23-22(24)33-18-11-4-3-10-17(18)32-21-19(27-15-8-1-2-9-16(15)28-21)20(29)26-13-6-5-7-14(12-13)34(25,30)31;1-31-14-9-10-19(16(23)12-14)32-22-20(26-17-7-2-3-8-18(17)27-22)21(28)25-13-5-4-6-15(11-13)33(24,29)30/h2-12H,1H3,(H,25,28)(H2,24,29,30);2-12H,1H3,(H,25,28)(H2,24,29,30);1-12,22H,(H,26,29)(H2,25,30,31);2-12H,1H3,(H,25,28)(H2,24,29,30). The number of nitrogens with one attached hydrogen (secondary N) is 4. The number of carbonyl (C=O) groups excluding carboxylic acids is 4. The molecule has 0 unspecified atom stereocenters. The van der Waals surface area contributed by atoms with Gasteiger partial charge in [-0.3, -0.25) is 19.2 Å². The monoisotopic (exact) mass is 1910 g/mol. The van der Waals surface area contributed by atoms with Crippen molar-refractivity contribution in [3.8, 4) is 63.8 Å². The van der Waals surface area contributed by atoms with Crippen LogP contribution in [0.4, 0.5) is 35.9 Å². The molecule has 0 aliphatic carbocycles. The summed E-state index contributed by atoms with van der Waals surface area (Å²) in [6.07, 6.45) is 0. The summed E-state index contributed by atoms with van der Waals surface area (Å²) < 4.78 is 171. The molecule has 0 bridgehead atoms. The third-order valence-electron chi connectivity index (χ3n) is 18.0. The minimum absolute atomic E-state index is 0.00535. The molecule has 0 radical (unpaired) electrons. The van der Waals surface area contributed by atoms with Gasteiger partial charge in [-0.05, 0) is 188 Å². The van der Waals surface area contributed by atoms with Crippen molar-refractivity contribution >= 4 is 154 Å². The highest BCUT2D eigenvalue weighted by atomic mass is 35.5. The van der Waals surface area contributed by atoms with Gasteiger partial charge in [0.2, 0.25) is 40.1 Å². The lowest BCUT2D eigenvalue weighted by molar-refractivity contribution is -0.0510. The van der Waals surface area contributed by atoms with Crippen molar-refractivity contribution in [2.24, 2.45) is 20.6 Å². The maximum Gasteiger partial charge on any atom is 0.387 e. The first-order valence-corrected chi connectivity index (χ1v) is 44.9. The number of methoxy groups -OCH3 is 2. The van der Waals surface area contributed by atoms with Crippen LogP contribution in [0.3, 0.4) is 0 Å². The van der Waals surface area contributed by atoms with Gasteiger partial charge in [-0.25, -0.2) is 98.5 Å². The van der Waals surface area contributed by atoms with Gasteiger partial charge in [0.05, 0.1) is 77.9 Å². The molecule has 4 amide bonds. The number of nitrogens with two attached hydrogens (primary N) is 4. The fourth-order valence-corrected chi connectivity index (χ4v) is 14.5. The van der Waals surface area contributed by atoms with Crippen LogP contribution in [-0.2, 0) is 40.1 Å². The molecular formula is C88H67Cl2F3N16O19S4. The van der Waals surface area contributed by atoms with E-state index in [-0.39, 0.29) is 117 Å². The summed E-state index contributed by atoms with van der Waals surface area (Å²) in [5.74, 6) is -3.34. The van der Waals surface area contributed by atoms with Gasteiger partial charge in [-0.1, -0.05) is 108 Å². The number of aromatic nitrogens is 8. The van der Waals surface area contributed by atoms with E-state index in [4.69, 9.17) is 72.2 Å². The summed E-state index contributed by atoms with van der Waals surface area (Å²) in [6, 6.07) is 68.6. The number of ether oxygens (including phenoxy) is 7. The van der Waals surface area contributed by atoms with E-state index in [1.165, 1.54) is 148 Å². The van der Waals surface area contributed by atoms with Crippen LogP contribution >= 0.6 is 23.2 Å². The molecule has 132 heavy (non-hydrogen) atoms. The van der Waals surface area contributed by atoms with Crippen LogP contribution in [0.1, 0.15) is 47.5 Å². The number of hydrogen-bond donors (Lipinski definition) is 8. The fraction of sp³-hybridized carbons (Fsp3) is 0.0455. The molecule has 4 heterocycles. The molecule has 0 saturated heterocycles. The SMILES string of the molecule is COc1cc(Cl)ccc1Oc1nc2ccccc2nc1C(=O)Nc1cccc(S(N)(=O)=O)c1.COc1ccc(Oc2nc3ccccc3nc2C(=O)Nc2cccc(S(N)(=O)=O)c2)c(F)c1.Cc1cc(Cl)ccc1Oc1nc2ccccc2nc1C(=O)Nc1cccc(S(N)(=O)=O)c1.NS(=O)(=O)c1cccc(NC(=O)c2nc3ccccc3nc2Oc2ccccc2OC(F)F)c1. The largest absolute Gasteiger partial charge is 0.497 e. The number of hydrogen-bond acceptors (Lipinski definition) is 27. The zero-order chi connectivity index (χ0) is 94.3. The van der Waals surface area contributed by atoms with Crippen LogP contribution in [-0.4, -0.2) is 118 Å². The van der Waals surface area contributed by atoms with Gasteiger partial charge < -0.3 is 54.4 Å². The maximum absolute atomic E-state index is 14.5. The van der Waals surface area contributed by atoms with E-state index in [0.717, 1.165) is 11.6 Å². The lowest BCUT2D eigenvalue weighted by Gasteiger charge is -2.14. The van der Waals surface area contributed by atoms with E-state index in [2.05, 4.69) is 65.9 Å². The Hall–Kier alpha value is -15.5. The van der Waals surface area contributed by atoms with Crippen molar-refractivity contribution in [1.82, 2.24) is 39.9 Å². The topological polar surface area (TPSA) is 525 Å². The second-order valence-corrected chi connectivity index (χ2v) is 34.4. The number of fused-ring (bicyclic) bond motifs is 4. The van der Waals surface area contributed by atoms with Crippen molar-refractivity contribution in [2.45, 2.75) is 33.1 Å². The Morgan fingerprint density at radius 1 is 0.318 bits per heavy atom. The molecule has 0 fully saturated rings. The van der Waals surface area contributed by atoms with Gasteiger partial charge in [0.15, 0.2) is 57.3 Å². The number of alkyl halides is 2. The lowest BCUT2D eigenvalue weighted by atomic mass is 10.2. The van der Waals surface area contributed by atoms with Crippen LogP contribution in [0.15, 0.2) is 293 Å².